The average Bonchev–Trinajstić information content (AvgIpc) is 2.75. The number of benzene rings is 3. The first-order chi connectivity index (χ1) is 14.4. The minimum Gasteiger partial charge on any atom is -0.361 e. The number of nitrogens with one attached hydrogen (secondary N) is 2. The molecule has 1 heterocycles. The summed E-state index contributed by atoms with van der Waals surface area (Å²) < 4.78 is 27.6. The second kappa shape index (κ2) is 8.08. The number of hydrogen-bond donors (Lipinski definition) is 2. The molecular weight excluding hydrogens is 410 g/mol. The molecule has 0 aliphatic rings. The molecular formula is C23H15ClF2N2O2. The molecule has 0 saturated heterocycles. The Bertz CT molecular complexity index is 1310. The number of amides is 1. The van der Waals surface area contributed by atoms with Crippen molar-refractivity contribution < 1.29 is 13.6 Å². The van der Waals surface area contributed by atoms with E-state index in [1.54, 1.807) is 48.5 Å². The van der Waals surface area contributed by atoms with E-state index in [2.05, 4.69) is 10.3 Å². The fraction of sp³-hybridized carbons (Fsp3) is 0.0435. The summed E-state index contributed by atoms with van der Waals surface area (Å²) in [6, 6.07) is 15.3. The summed E-state index contributed by atoms with van der Waals surface area (Å²) in [7, 11) is 0. The highest BCUT2D eigenvalue weighted by Gasteiger charge is 2.23. The first kappa shape index (κ1) is 19.8. The van der Waals surface area contributed by atoms with Gasteiger partial charge in [-0.3, -0.25) is 9.59 Å². The third-order valence-corrected chi connectivity index (χ3v) is 5.00. The van der Waals surface area contributed by atoms with E-state index in [0.717, 1.165) is 18.2 Å². The van der Waals surface area contributed by atoms with Gasteiger partial charge in [0.05, 0.1) is 17.1 Å². The minimum atomic E-state index is -0.884. The number of fused-ring (bicyclic) bond motifs is 1. The molecule has 0 spiro atoms. The molecule has 4 nitrogen and oxygen atoms in total. The van der Waals surface area contributed by atoms with Crippen LogP contribution in [0.2, 0.25) is 5.02 Å². The number of carbonyl (C=O) groups excluding carboxylic acids is 1. The molecule has 0 bridgehead atoms. The van der Waals surface area contributed by atoms with Gasteiger partial charge in [0.1, 0.15) is 11.6 Å². The Kier molecular flexibility index (Phi) is 5.33. The molecule has 3 aromatic carbocycles. The van der Waals surface area contributed by atoms with Crippen LogP contribution in [0.5, 0.6) is 0 Å². The van der Waals surface area contributed by atoms with Crippen molar-refractivity contribution in [1.82, 2.24) is 10.3 Å². The van der Waals surface area contributed by atoms with Gasteiger partial charge in [0.25, 0.3) is 5.91 Å². The van der Waals surface area contributed by atoms with E-state index in [0.29, 0.717) is 21.5 Å². The first-order valence-electron chi connectivity index (χ1n) is 9.06. The van der Waals surface area contributed by atoms with E-state index in [9.17, 15) is 18.4 Å². The van der Waals surface area contributed by atoms with Gasteiger partial charge in [-0.25, -0.2) is 8.78 Å². The molecule has 0 aliphatic carbocycles. The van der Waals surface area contributed by atoms with Crippen molar-refractivity contribution in [3.8, 4) is 0 Å². The Morgan fingerprint density at radius 1 is 1.00 bits per heavy atom. The third kappa shape index (κ3) is 3.82. The maximum absolute atomic E-state index is 14.1. The zero-order valence-electron chi connectivity index (χ0n) is 15.5. The summed E-state index contributed by atoms with van der Waals surface area (Å²) in [6.45, 7) is 0. The van der Waals surface area contributed by atoms with E-state index in [1.807, 2.05) is 0 Å². The Labute approximate surface area is 175 Å². The second-order valence-electron chi connectivity index (χ2n) is 6.70. The van der Waals surface area contributed by atoms with Crippen LogP contribution in [0.25, 0.3) is 10.9 Å². The fourth-order valence-corrected chi connectivity index (χ4v) is 3.46. The Morgan fingerprint density at radius 2 is 1.77 bits per heavy atom. The predicted molar refractivity (Wildman–Crippen MR) is 112 cm³/mol. The smallest absolute Gasteiger partial charge is 0.255 e. The van der Waals surface area contributed by atoms with Gasteiger partial charge in [0, 0.05) is 22.2 Å². The van der Waals surface area contributed by atoms with Crippen LogP contribution in [0, 0.1) is 11.6 Å². The van der Waals surface area contributed by atoms with Gasteiger partial charge in [0.2, 0.25) is 0 Å². The third-order valence-electron chi connectivity index (χ3n) is 4.76. The summed E-state index contributed by atoms with van der Waals surface area (Å²) >= 11 is 5.99. The van der Waals surface area contributed by atoms with Crippen LogP contribution in [0.4, 0.5) is 8.78 Å². The van der Waals surface area contributed by atoms with Crippen molar-refractivity contribution in [1.29, 1.82) is 0 Å². The van der Waals surface area contributed by atoms with Crippen molar-refractivity contribution in [3.63, 3.8) is 0 Å². The molecule has 30 heavy (non-hydrogen) atoms. The maximum Gasteiger partial charge on any atom is 0.255 e. The Balaban J connectivity index is 1.82. The number of aromatic nitrogens is 1. The number of hydrogen-bond acceptors (Lipinski definition) is 2. The highest BCUT2D eigenvalue weighted by atomic mass is 35.5. The Morgan fingerprint density at radius 3 is 2.53 bits per heavy atom. The zero-order valence-corrected chi connectivity index (χ0v) is 16.2. The van der Waals surface area contributed by atoms with Gasteiger partial charge in [0.15, 0.2) is 5.43 Å². The van der Waals surface area contributed by atoms with Crippen LogP contribution < -0.4 is 10.7 Å². The summed E-state index contributed by atoms with van der Waals surface area (Å²) in [5.41, 5.74) is 0.655. The lowest BCUT2D eigenvalue weighted by molar-refractivity contribution is 0.0938. The van der Waals surface area contributed by atoms with Crippen LogP contribution >= 0.6 is 11.6 Å². The lowest BCUT2D eigenvalue weighted by atomic mass is 9.97. The van der Waals surface area contributed by atoms with Crippen LogP contribution in [0.15, 0.2) is 77.7 Å². The molecule has 1 unspecified atom stereocenters. The molecule has 2 N–H and O–H groups in total. The maximum atomic E-state index is 14.1. The lowest BCUT2D eigenvalue weighted by Gasteiger charge is -2.20. The van der Waals surface area contributed by atoms with Gasteiger partial charge >= 0.3 is 0 Å². The molecule has 0 aliphatic heterocycles. The molecule has 150 valence electrons. The molecule has 0 radical (unpaired) electrons. The van der Waals surface area contributed by atoms with E-state index in [1.165, 1.54) is 6.20 Å². The molecule has 4 rings (SSSR count). The van der Waals surface area contributed by atoms with Gasteiger partial charge in [-0.15, -0.1) is 0 Å². The van der Waals surface area contributed by atoms with E-state index >= 15 is 0 Å². The van der Waals surface area contributed by atoms with Crippen molar-refractivity contribution in [3.05, 3.63) is 116 Å². The molecule has 0 saturated carbocycles. The quantitative estimate of drug-likeness (QED) is 0.485. The molecule has 1 atom stereocenters. The number of H-pyrrole nitrogens is 1. The number of aromatic amines is 1. The first-order valence-corrected chi connectivity index (χ1v) is 9.43. The van der Waals surface area contributed by atoms with Gasteiger partial charge < -0.3 is 10.3 Å². The fourth-order valence-electron chi connectivity index (χ4n) is 3.29. The SMILES string of the molecule is O=C(NC(c1ccccc1)c1c[nH]c2cc(Cl)ccc2c1=O)c1cc(F)ccc1F. The molecule has 1 aromatic heterocycles. The van der Waals surface area contributed by atoms with E-state index in [4.69, 9.17) is 11.6 Å². The highest BCUT2D eigenvalue weighted by molar-refractivity contribution is 6.31. The van der Waals surface area contributed by atoms with E-state index < -0.39 is 29.1 Å². The normalized spacial score (nSPS) is 12.0. The summed E-state index contributed by atoms with van der Waals surface area (Å²) in [6.07, 6.45) is 1.49. The topological polar surface area (TPSA) is 62.0 Å². The molecule has 7 heteroatoms. The zero-order chi connectivity index (χ0) is 21.3. The van der Waals surface area contributed by atoms with Crippen LogP contribution in [-0.4, -0.2) is 10.9 Å². The second-order valence-corrected chi connectivity index (χ2v) is 7.14. The number of halogens is 3. The van der Waals surface area contributed by atoms with Crippen LogP contribution in [0.3, 0.4) is 0 Å². The van der Waals surface area contributed by atoms with Crippen molar-refractivity contribution >= 4 is 28.4 Å². The molecule has 0 fully saturated rings. The summed E-state index contributed by atoms with van der Waals surface area (Å²) in [5.74, 6) is -2.43. The van der Waals surface area contributed by atoms with Gasteiger partial charge in [-0.1, -0.05) is 41.9 Å². The Hall–Kier alpha value is -3.51. The van der Waals surface area contributed by atoms with Crippen molar-refractivity contribution in [2.75, 3.05) is 0 Å². The minimum absolute atomic E-state index is 0.251. The van der Waals surface area contributed by atoms with Crippen LogP contribution in [-0.2, 0) is 0 Å². The number of pyridine rings is 1. The largest absolute Gasteiger partial charge is 0.361 e. The highest BCUT2D eigenvalue weighted by Crippen LogP contribution is 2.23. The average molecular weight is 425 g/mol. The van der Waals surface area contributed by atoms with E-state index in [-0.39, 0.29) is 11.0 Å². The monoisotopic (exact) mass is 424 g/mol. The number of carbonyl (C=O) groups is 1. The molecule has 4 aromatic rings. The standard InChI is InChI=1S/C23H15ClF2N2O2/c24-14-6-8-16-20(10-14)27-12-18(22(16)29)21(13-4-2-1-3-5-13)28-23(30)17-11-15(25)7-9-19(17)26/h1-12,21H,(H,27,29)(H,28,30). The molecule has 1 amide bonds. The van der Waals surface area contributed by atoms with Crippen molar-refractivity contribution in [2.45, 2.75) is 6.04 Å². The predicted octanol–water partition coefficient (Wildman–Crippen LogP) is 4.98. The van der Waals surface area contributed by atoms with Crippen molar-refractivity contribution in [2.24, 2.45) is 0 Å². The summed E-state index contributed by atoms with van der Waals surface area (Å²) in [5, 5.41) is 3.52. The van der Waals surface area contributed by atoms with Crippen LogP contribution in [0.1, 0.15) is 27.5 Å². The number of rotatable bonds is 4. The lowest BCUT2D eigenvalue weighted by Crippen LogP contribution is -2.33. The van der Waals surface area contributed by atoms with Gasteiger partial charge in [-0.2, -0.15) is 0 Å². The summed E-state index contributed by atoms with van der Waals surface area (Å²) in [4.78, 5) is 28.9. The van der Waals surface area contributed by atoms with Gasteiger partial charge in [-0.05, 0) is 42.0 Å².